The molecular weight excluding hydrogens is 316 g/mol. The first kappa shape index (κ1) is 15.2. The standard InChI is InChI=1S/C12H15BrN2O2S/c1-12(2,8-14)9-15-18(16,17)11-5-3-10(7-13)4-6-11/h3-6,15H,7,9H2,1-2H3. The lowest BCUT2D eigenvalue weighted by Crippen LogP contribution is -2.33. The van der Waals surface area contributed by atoms with Gasteiger partial charge in [0.25, 0.3) is 0 Å². The molecular formula is C12H15BrN2O2S. The van der Waals surface area contributed by atoms with Crippen LogP contribution in [0.2, 0.25) is 0 Å². The average molecular weight is 331 g/mol. The van der Waals surface area contributed by atoms with E-state index in [1.165, 1.54) is 0 Å². The Labute approximate surface area is 116 Å². The van der Waals surface area contributed by atoms with Gasteiger partial charge in [-0.15, -0.1) is 0 Å². The van der Waals surface area contributed by atoms with Crippen molar-refractivity contribution in [2.24, 2.45) is 5.41 Å². The molecule has 0 aliphatic rings. The minimum atomic E-state index is -3.54. The molecule has 0 bridgehead atoms. The molecule has 18 heavy (non-hydrogen) atoms. The molecule has 0 fully saturated rings. The van der Waals surface area contributed by atoms with Crippen molar-refractivity contribution in [2.75, 3.05) is 6.54 Å². The van der Waals surface area contributed by atoms with Crippen molar-refractivity contribution in [3.63, 3.8) is 0 Å². The maximum absolute atomic E-state index is 12.0. The van der Waals surface area contributed by atoms with Gasteiger partial charge >= 0.3 is 0 Å². The number of sulfonamides is 1. The summed E-state index contributed by atoms with van der Waals surface area (Å²) in [6.07, 6.45) is 0. The van der Waals surface area contributed by atoms with Crippen LogP contribution in [0.5, 0.6) is 0 Å². The second-order valence-corrected chi connectivity index (χ2v) is 6.93. The molecule has 0 saturated carbocycles. The first-order chi connectivity index (χ1) is 8.30. The molecule has 0 aromatic heterocycles. The number of benzene rings is 1. The second kappa shape index (κ2) is 5.83. The van der Waals surface area contributed by atoms with Gasteiger partial charge in [-0.2, -0.15) is 5.26 Å². The van der Waals surface area contributed by atoms with Crippen LogP contribution in [0, 0.1) is 16.7 Å². The van der Waals surface area contributed by atoms with Crippen LogP contribution in [0.15, 0.2) is 29.2 Å². The van der Waals surface area contributed by atoms with Gasteiger partial charge in [0.05, 0.1) is 16.4 Å². The van der Waals surface area contributed by atoms with Crippen LogP contribution in [0.25, 0.3) is 0 Å². The van der Waals surface area contributed by atoms with Crippen LogP contribution in [-0.2, 0) is 15.4 Å². The summed E-state index contributed by atoms with van der Waals surface area (Å²) in [6, 6.07) is 8.66. The van der Waals surface area contributed by atoms with Gasteiger partial charge in [0.2, 0.25) is 10.0 Å². The first-order valence-electron chi connectivity index (χ1n) is 5.36. The molecule has 0 saturated heterocycles. The second-order valence-electron chi connectivity index (χ2n) is 4.60. The lowest BCUT2D eigenvalue weighted by atomic mass is 9.97. The third-order valence-electron chi connectivity index (χ3n) is 2.39. The Morgan fingerprint density at radius 1 is 1.33 bits per heavy atom. The number of nitriles is 1. The molecule has 1 aromatic rings. The molecule has 0 atom stereocenters. The van der Waals surface area contributed by atoms with Crippen molar-refractivity contribution >= 4 is 26.0 Å². The fraction of sp³-hybridized carbons (Fsp3) is 0.417. The van der Waals surface area contributed by atoms with E-state index in [1.807, 2.05) is 0 Å². The van der Waals surface area contributed by atoms with Gasteiger partial charge in [-0.3, -0.25) is 0 Å². The van der Waals surface area contributed by atoms with Crippen LogP contribution in [0.3, 0.4) is 0 Å². The summed E-state index contributed by atoms with van der Waals surface area (Å²) in [5.74, 6) is 0. The van der Waals surface area contributed by atoms with Gasteiger partial charge in [0.1, 0.15) is 0 Å². The van der Waals surface area contributed by atoms with Gasteiger partial charge in [-0.1, -0.05) is 28.1 Å². The number of hydrogen-bond acceptors (Lipinski definition) is 3. The third-order valence-corrected chi connectivity index (χ3v) is 4.46. The minimum Gasteiger partial charge on any atom is -0.210 e. The number of nitrogens with one attached hydrogen (secondary N) is 1. The van der Waals surface area contributed by atoms with Crippen molar-refractivity contribution < 1.29 is 8.42 Å². The molecule has 0 aliphatic carbocycles. The maximum atomic E-state index is 12.0. The summed E-state index contributed by atoms with van der Waals surface area (Å²) in [6.45, 7) is 3.46. The van der Waals surface area contributed by atoms with E-state index in [0.717, 1.165) is 5.56 Å². The van der Waals surface area contributed by atoms with Crippen molar-refractivity contribution in [3.05, 3.63) is 29.8 Å². The number of hydrogen-bond donors (Lipinski definition) is 1. The smallest absolute Gasteiger partial charge is 0.210 e. The Kier molecular flexibility index (Phi) is 4.91. The van der Waals surface area contributed by atoms with E-state index in [1.54, 1.807) is 38.1 Å². The molecule has 1 rings (SSSR count). The Hall–Kier alpha value is -0.900. The number of rotatable bonds is 5. The van der Waals surface area contributed by atoms with E-state index in [2.05, 4.69) is 26.7 Å². The van der Waals surface area contributed by atoms with Gasteiger partial charge in [0, 0.05) is 11.9 Å². The highest BCUT2D eigenvalue weighted by Crippen LogP contribution is 2.15. The highest BCUT2D eigenvalue weighted by molar-refractivity contribution is 9.08. The Morgan fingerprint density at radius 3 is 2.33 bits per heavy atom. The summed E-state index contributed by atoms with van der Waals surface area (Å²) in [4.78, 5) is 0.209. The van der Waals surface area contributed by atoms with Crippen LogP contribution in [-0.4, -0.2) is 15.0 Å². The van der Waals surface area contributed by atoms with Crippen LogP contribution < -0.4 is 4.72 Å². The third kappa shape index (κ3) is 4.09. The maximum Gasteiger partial charge on any atom is 0.240 e. The van der Waals surface area contributed by atoms with Gasteiger partial charge < -0.3 is 0 Å². The fourth-order valence-corrected chi connectivity index (χ4v) is 2.74. The lowest BCUT2D eigenvalue weighted by Gasteiger charge is -2.16. The van der Waals surface area contributed by atoms with E-state index >= 15 is 0 Å². The summed E-state index contributed by atoms with van der Waals surface area (Å²) in [5.41, 5.74) is 0.286. The predicted molar refractivity (Wildman–Crippen MR) is 73.7 cm³/mol. The van der Waals surface area contributed by atoms with E-state index < -0.39 is 15.4 Å². The SMILES string of the molecule is CC(C)(C#N)CNS(=O)(=O)c1ccc(CBr)cc1. The minimum absolute atomic E-state index is 0.0893. The van der Waals surface area contributed by atoms with E-state index in [0.29, 0.717) is 5.33 Å². The van der Waals surface area contributed by atoms with Crippen molar-refractivity contribution in [1.82, 2.24) is 4.72 Å². The van der Waals surface area contributed by atoms with Crippen LogP contribution in [0.1, 0.15) is 19.4 Å². The van der Waals surface area contributed by atoms with E-state index in [9.17, 15) is 8.42 Å². The zero-order chi connectivity index (χ0) is 13.8. The number of halogens is 1. The highest BCUT2D eigenvalue weighted by atomic mass is 79.9. The molecule has 0 unspecified atom stereocenters. The molecule has 0 radical (unpaired) electrons. The topological polar surface area (TPSA) is 70.0 Å². The largest absolute Gasteiger partial charge is 0.240 e. The van der Waals surface area contributed by atoms with Gasteiger partial charge in [-0.05, 0) is 31.5 Å². The molecule has 0 amide bonds. The van der Waals surface area contributed by atoms with Crippen molar-refractivity contribution in [3.8, 4) is 6.07 Å². The van der Waals surface area contributed by atoms with Gasteiger partial charge in [0.15, 0.2) is 0 Å². The number of alkyl halides is 1. The molecule has 0 spiro atoms. The monoisotopic (exact) mass is 330 g/mol. The zero-order valence-corrected chi connectivity index (χ0v) is 12.7. The average Bonchev–Trinajstić information content (AvgIpc) is 2.37. The Morgan fingerprint density at radius 2 is 1.89 bits per heavy atom. The van der Waals surface area contributed by atoms with E-state index in [-0.39, 0.29) is 11.4 Å². The highest BCUT2D eigenvalue weighted by Gasteiger charge is 2.21. The summed E-state index contributed by atoms with van der Waals surface area (Å²) >= 11 is 3.30. The molecule has 1 aromatic carbocycles. The molecule has 0 heterocycles. The van der Waals surface area contributed by atoms with Crippen molar-refractivity contribution in [2.45, 2.75) is 24.1 Å². The summed E-state index contributed by atoms with van der Waals surface area (Å²) < 4.78 is 26.4. The molecule has 4 nitrogen and oxygen atoms in total. The molecule has 1 N–H and O–H groups in total. The quantitative estimate of drug-likeness (QED) is 0.843. The van der Waals surface area contributed by atoms with E-state index in [4.69, 9.17) is 5.26 Å². The lowest BCUT2D eigenvalue weighted by molar-refractivity contribution is 0.479. The predicted octanol–water partition coefficient (Wildman–Crippen LogP) is 2.41. The fourth-order valence-electron chi connectivity index (χ4n) is 1.16. The van der Waals surface area contributed by atoms with Crippen LogP contribution in [0.4, 0.5) is 0 Å². The number of nitrogens with zero attached hydrogens (tertiary/aromatic N) is 1. The molecule has 6 heteroatoms. The van der Waals surface area contributed by atoms with Crippen molar-refractivity contribution in [1.29, 1.82) is 5.26 Å². The Balaban J connectivity index is 2.84. The van der Waals surface area contributed by atoms with Gasteiger partial charge in [-0.25, -0.2) is 13.1 Å². The first-order valence-corrected chi connectivity index (χ1v) is 7.97. The summed E-state index contributed by atoms with van der Waals surface area (Å²) in [7, 11) is -3.54. The normalized spacial score (nSPS) is 12.1. The zero-order valence-electron chi connectivity index (χ0n) is 10.3. The molecule has 98 valence electrons. The summed E-state index contributed by atoms with van der Waals surface area (Å²) in [5, 5.41) is 9.52. The molecule has 0 aliphatic heterocycles. The van der Waals surface area contributed by atoms with Crippen LogP contribution >= 0.6 is 15.9 Å². The Bertz CT molecular complexity index is 544.